The molecule has 0 saturated carbocycles. The standard InChI is InChI=1S/C16H19N5O2/c1-12-8-14(18-11-17-12)2-3-15-10-21(6-7-23-15)16(22)13-4-5-19-20-9-13/h4-5,8-9,11,15H,2-3,6-7,10H2,1H3/t15-/m0/s1. The zero-order valence-electron chi connectivity index (χ0n) is 13.1. The minimum absolute atomic E-state index is 0.0221. The fourth-order valence-electron chi connectivity index (χ4n) is 2.63. The summed E-state index contributed by atoms with van der Waals surface area (Å²) in [6.45, 7) is 3.69. The Morgan fingerprint density at radius 2 is 2.30 bits per heavy atom. The van der Waals surface area contributed by atoms with E-state index in [0.717, 1.165) is 24.2 Å². The lowest BCUT2D eigenvalue weighted by molar-refractivity contribution is -0.0247. The maximum Gasteiger partial charge on any atom is 0.255 e. The van der Waals surface area contributed by atoms with Gasteiger partial charge in [0.1, 0.15) is 6.33 Å². The van der Waals surface area contributed by atoms with Crippen LogP contribution < -0.4 is 0 Å². The quantitative estimate of drug-likeness (QED) is 0.839. The Bertz CT molecular complexity index is 665. The Hall–Kier alpha value is -2.41. The van der Waals surface area contributed by atoms with Crippen molar-refractivity contribution < 1.29 is 9.53 Å². The monoisotopic (exact) mass is 313 g/mol. The van der Waals surface area contributed by atoms with E-state index >= 15 is 0 Å². The number of aryl methyl sites for hydroxylation is 2. The fraction of sp³-hybridized carbons (Fsp3) is 0.438. The van der Waals surface area contributed by atoms with E-state index in [9.17, 15) is 4.79 Å². The molecular formula is C16H19N5O2. The molecule has 1 aliphatic rings. The molecule has 1 atom stereocenters. The van der Waals surface area contributed by atoms with Crippen molar-refractivity contribution in [2.75, 3.05) is 19.7 Å². The third-order valence-electron chi connectivity index (χ3n) is 3.84. The minimum Gasteiger partial charge on any atom is -0.375 e. The zero-order valence-corrected chi connectivity index (χ0v) is 13.1. The Morgan fingerprint density at radius 1 is 1.39 bits per heavy atom. The third-order valence-corrected chi connectivity index (χ3v) is 3.84. The van der Waals surface area contributed by atoms with E-state index in [4.69, 9.17) is 4.74 Å². The van der Waals surface area contributed by atoms with Crippen LogP contribution in [0.25, 0.3) is 0 Å². The number of nitrogens with zero attached hydrogens (tertiary/aromatic N) is 5. The molecule has 0 spiro atoms. The maximum atomic E-state index is 12.4. The lowest BCUT2D eigenvalue weighted by atomic mass is 10.1. The van der Waals surface area contributed by atoms with Crippen molar-refractivity contribution in [3.63, 3.8) is 0 Å². The second-order valence-electron chi connectivity index (χ2n) is 5.56. The van der Waals surface area contributed by atoms with Crippen LogP contribution in [0.4, 0.5) is 0 Å². The molecule has 1 amide bonds. The summed E-state index contributed by atoms with van der Waals surface area (Å²) in [6, 6.07) is 3.66. The van der Waals surface area contributed by atoms with Gasteiger partial charge in [0.25, 0.3) is 5.91 Å². The van der Waals surface area contributed by atoms with Crippen LogP contribution >= 0.6 is 0 Å². The SMILES string of the molecule is Cc1cc(CC[C@H]2CN(C(=O)c3ccnnc3)CCO2)ncn1. The molecule has 0 bridgehead atoms. The van der Waals surface area contributed by atoms with E-state index in [1.165, 1.54) is 12.4 Å². The number of carbonyl (C=O) groups excluding carboxylic acids is 1. The highest BCUT2D eigenvalue weighted by molar-refractivity contribution is 5.93. The summed E-state index contributed by atoms with van der Waals surface area (Å²) in [5, 5.41) is 7.46. The number of carbonyl (C=O) groups is 1. The molecule has 0 aliphatic carbocycles. The Labute approximate surface area is 134 Å². The molecule has 120 valence electrons. The van der Waals surface area contributed by atoms with Crippen molar-refractivity contribution in [2.45, 2.75) is 25.9 Å². The number of morpholine rings is 1. The number of aromatic nitrogens is 4. The molecular weight excluding hydrogens is 294 g/mol. The largest absolute Gasteiger partial charge is 0.375 e. The molecule has 3 rings (SSSR count). The van der Waals surface area contributed by atoms with Gasteiger partial charge in [0.2, 0.25) is 0 Å². The van der Waals surface area contributed by atoms with Gasteiger partial charge in [0.05, 0.1) is 30.7 Å². The first-order valence-electron chi connectivity index (χ1n) is 7.67. The fourth-order valence-corrected chi connectivity index (χ4v) is 2.63. The van der Waals surface area contributed by atoms with Crippen LogP contribution in [-0.2, 0) is 11.2 Å². The van der Waals surface area contributed by atoms with E-state index in [1.807, 2.05) is 17.9 Å². The Kier molecular flexibility index (Phi) is 4.87. The van der Waals surface area contributed by atoms with Gasteiger partial charge in [-0.15, -0.1) is 0 Å². The number of hydrogen-bond acceptors (Lipinski definition) is 6. The van der Waals surface area contributed by atoms with E-state index in [2.05, 4.69) is 20.2 Å². The van der Waals surface area contributed by atoms with Crippen molar-refractivity contribution in [3.05, 3.63) is 47.8 Å². The highest BCUT2D eigenvalue weighted by Crippen LogP contribution is 2.14. The summed E-state index contributed by atoms with van der Waals surface area (Å²) in [7, 11) is 0. The molecule has 7 heteroatoms. The Morgan fingerprint density at radius 3 is 3.09 bits per heavy atom. The molecule has 1 aliphatic heterocycles. The average molecular weight is 313 g/mol. The predicted octanol–water partition coefficient (Wildman–Crippen LogP) is 1.05. The van der Waals surface area contributed by atoms with Gasteiger partial charge in [-0.3, -0.25) is 4.79 Å². The second kappa shape index (κ2) is 7.23. The summed E-state index contributed by atoms with van der Waals surface area (Å²) >= 11 is 0. The van der Waals surface area contributed by atoms with Gasteiger partial charge in [0, 0.05) is 24.5 Å². The van der Waals surface area contributed by atoms with E-state index < -0.39 is 0 Å². The molecule has 0 unspecified atom stereocenters. The average Bonchev–Trinajstić information content (AvgIpc) is 2.60. The first-order valence-corrected chi connectivity index (χ1v) is 7.67. The van der Waals surface area contributed by atoms with Gasteiger partial charge in [-0.05, 0) is 31.9 Å². The lowest BCUT2D eigenvalue weighted by Crippen LogP contribution is -2.45. The van der Waals surface area contributed by atoms with Gasteiger partial charge >= 0.3 is 0 Å². The van der Waals surface area contributed by atoms with E-state index in [1.54, 1.807) is 12.4 Å². The Balaban J connectivity index is 1.57. The second-order valence-corrected chi connectivity index (χ2v) is 5.56. The van der Waals surface area contributed by atoms with Crippen LogP contribution in [0.1, 0.15) is 28.2 Å². The third kappa shape index (κ3) is 4.07. The van der Waals surface area contributed by atoms with Gasteiger partial charge in [-0.1, -0.05) is 0 Å². The van der Waals surface area contributed by atoms with Gasteiger partial charge < -0.3 is 9.64 Å². The van der Waals surface area contributed by atoms with Gasteiger partial charge in [0.15, 0.2) is 0 Å². The molecule has 2 aromatic rings. The molecule has 3 heterocycles. The number of amides is 1. The summed E-state index contributed by atoms with van der Waals surface area (Å²) in [6.07, 6.45) is 6.28. The van der Waals surface area contributed by atoms with Crippen LogP contribution in [0.3, 0.4) is 0 Å². The van der Waals surface area contributed by atoms with E-state index in [0.29, 0.717) is 25.3 Å². The lowest BCUT2D eigenvalue weighted by Gasteiger charge is -2.33. The van der Waals surface area contributed by atoms with Gasteiger partial charge in [-0.25, -0.2) is 9.97 Å². The maximum absolute atomic E-state index is 12.4. The van der Waals surface area contributed by atoms with Crippen molar-refractivity contribution in [2.24, 2.45) is 0 Å². The molecule has 0 N–H and O–H groups in total. The first kappa shape index (κ1) is 15.5. The molecule has 1 saturated heterocycles. The van der Waals surface area contributed by atoms with Crippen LogP contribution in [0.15, 0.2) is 30.9 Å². The summed E-state index contributed by atoms with van der Waals surface area (Å²) in [5.41, 5.74) is 2.52. The van der Waals surface area contributed by atoms with Gasteiger partial charge in [-0.2, -0.15) is 10.2 Å². The number of hydrogen-bond donors (Lipinski definition) is 0. The van der Waals surface area contributed by atoms with Crippen LogP contribution in [0, 0.1) is 6.92 Å². The highest BCUT2D eigenvalue weighted by Gasteiger charge is 2.25. The van der Waals surface area contributed by atoms with Crippen LogP contribution in [-0.4, -0.2) is 56.8 Å². The van der Waals surface area contributed by atoms with Crippen LogP contribution in [0.5, 0.6) is 0 Å². The smallest absolute Gasteiger partial charge is 0.255 e. The van der Waals surface area contributed by atoms with Crippen molar-refractivity contribution in [1.82, 2.24) is 25.1 Å². The highest BCUT2D eigenvalue weighted by atomic mass is 16.5. The molecule has 23 heavy (non-hydrogen) atoms. The zero-order chi connectivity index (χ0) is 16.1. The summed E-state index contributed by atoms with van der Waals surface area (Å²) in [5.74, 6) is -0.0221. The molecule has 7 nitrogen and oxygen atoms in total. The van der Waals surface area contributed by atoms with Crippen molar-refractivity contribution in [3.8, 4) is 0 Å². The molecule has 2 aromatic heterocycles. The topological polar surface area (TPSA) is 81.1 Å². The molecule has 0 radical (unpaired) electrons. The summed E-state index contributed by atoms with van der Waals surface area (Å²) in [4.78, 5) is 22.6. The van der Waals surface area contributed by atoms with Crippen molar-refractivity contribution >= 4 is 5.91 Å². The van der Waals surface area contributed by atoms with Crippen LogP contribution in [0.2, 0.25) is 0 Å². The van der Waals surface area contributed by atoms with E-state index in [-0.39, 0.29) is 12.0 Å². The summed E-state index contributed by atoms with van der Waals surface area (Å²) < 4.78 is 5.78. The molecule has 1 fully saturated rings. The molecule has 0 aromatic carbocycles. The predicted molar refractivity (Wildman–Crippen MR) is 82.8 cm³/mol. The van der Waals surface area contributed by atoms with Crippen molar-refractivity contribution in [1.29, 1.82) is 0 Å². The minimum atomic E-state index is -0.0221. The number of ether oxygens (including phenoxy) is 1. The number of rotatable bonds is 4. The normalized spacial score (nSPS) is 18.0. The first-order chi connectivity index (χ1) is 11.2.